The maximum atomic E-state index is 13.2. The highest BCUT2D eigenvalue weighted by molar-refractivity contribution is 6.32. The molecule has 0 saturated heterocycles. The fourth-order valence-electron chi connectivity index (χ4n) is 1.34. The minimum Gasteiger partial charge on any atom is -0.491 e. The molecular weight excluding hydrogens is 214 g/mol. The van der Waals surface area contributed by atoms with Crippen molar-refractivity contribution in [1.29, 1.82) is 0 Å². The number of carbonyl (C=O) groups is 1. The number of fused-ring (bicyclic) bond motifs is 1. The standard InChI is InChI=1S/C9H5ClF2O2/c10-4-3-5(11)8(12)7-6(13)1-2-14-9(4)7/h3H,1-2H2. The van der Waals surface area contributed by atoms with Crippen molar-refractivity contribution in [3.63, 3.8) is 0 Å². The molecule has 1 heterocycles. The number of hydrogen-bond acceptors (Lipinski definition) is 2. The van der Waals surface area contributed by atoms with Crippen molar-refractivity contribution in [2.75, 3.05) is 6.61 Å². The summed E-state index contributed by atoms with van der Waals surface area (Å²) in [6.07, 6.45) is 0.0453. The third kappa shape index (κ3) is 1.26. The highest BCUT2D eigenvalue weighted by Crippen LogP contribution is 2.35. The molecule has 0 atom stereocenters. The number of ketones is 1. The maximum absolute atomic E-state index is 13.2. The Labute approximate surface area is 83.4 Å². The maximum Gasteiger partial charge on any atom is 0.173 e. The Balaban J connectivity index is 2.73. The van der Waals surface area contributed by atoms with Crippen LogP contribution in [0.4, 0.5) is 8.78 Å². The molecule has 0 bridgehead atoms. The van der Waals surface area contributed by atoms with Gasteiger partial charge in [-0.05, 0) is 6.07 Å². The molecule has 1 aromatic rings. The van der Waals surface area contributed by atoms with E-state index in [1.807, 2.05) is 0 Å². The van der Waals surface area contributed by atoms with Crippen molar-refractivity contribution < 1.29 is 18.3 Å². The van der Waals surface area contributed by atoms with Crippen molar-refractivity contribution in [3.8, 4) is 5.75 Å². The topological polar surface area (TPSA) is 26.3 Å². The summed E-state index contributed by atoms with van der Waals surface area (Å²) in [6.45, 7) is 0.149. The Morgan fingerprint density at radius 1 is 1.43 bits per heavy atom. The minimum absolute atomic E-state index is 0.0453. The van der Waals surface area contributed by atoms with Gasteiger partial charge in [0.05, 0.1) is 11.6 Å². The van der Waals surface area contributed by atoms with E-state index in [9.17, 15) is 13.6 Å². The molecule has 5 heteroatoms. The summed E-state index contributed by atoms with van der Waals surface area (Å²) in [4.78, 5) is 11.3. The number of rotatable bonds is 0. The van der Waals surface area contributed by atoms with Crippen molar-refractivity contribution in [2.45, 2.75) is 6.42 Å². The lowest BCUT2D eigenvalue weighted by molar-refractivity contribution is 0.0926. The highest BCUT2D eigenvalue weighted by Gasteiger charge is 2.27. The summed E-state index contributed by atoms with van der Waals surface area (Å²) < 4.78 is 31.1. The van der Waals surface area contributed by atoms with Crippen LogP contribution in [0, 0.1) is 11.6 Å². The number of ether oxygens (including phenoxy) is 1. The molecule has 2 rings (SSSR count). The predicted molar refractivity (Wildman–Crippen MR) is 45.8 cm³/mol. The largest absolute Gasteiger partial charge is 0.491 e. The molecule has 0 saturated carbocycles. The SMILES string of the molecule is O=C1CCOc2c(Cl)cc(F)c(F)c21. The molecule has 1 aliphatic rings. The summed E-state index contributed by atoms with van der Waals surface area (Å²) in [7, 11) is 0. The Hall–Kier alpha value is -1.16. The second-order valence-electron chi connectivity index (χ2n) is 2.88. The Morgan fingerprint density at radius 3 is 2.86 bits per heavy atom. The van der Waals surface area contributed by atoms with Gasteiger partial charge in [-0.3, -0.25) is 4.79 Å². The fraction of sp³-hybridized carbons (Fsp3) is 0.222. The van der Waals surface area contributed by atoms with Crippen LogP contribution in [0.15, 0.2) is 6.07 Å². The average Bonchev–Trinajstić information content (AvgIpc) is 2.14. The molecule has 74 valence electrons. The first-order chi connectivity index (χ1) is 6.61. The first-order valence-electron chi connectivity index (χ1n) is 3.94. The van der Waals surface area contributed by atoms with E-state index in [2.05, 4.69) is 0 Å². The molecule has 0 unspecified atom stereocenters. The van der Waals surface area contributed by atoms with Crippen LogP contribution >= 0.6 is 11.6 Å². The van der Waals surface area contributed by atoms with Crippen LogP contribution in [-0.2, 0) is 0 Å². The molecule has 14 heavy (non-hydrogen) atoms. The smallest absolute Gasteiger partial charge is 0.173 e. The number of carbonyl (C=O) groups excluding carboxylic acids is 1. The molecule has 1 aromatic carbocycles. The molecule has 0 aliphatic carbocycles. The number of halogens is 3. The molecule has 0 radical (unpaired) electrons. The van der Waals surface area contributed by atoms with Gasteiger partial charge < -0.3 is 4.74 Å². The van der Waals surface area contributed by atoms with Crippen LogP contribution in [0.5, 0.6) is 5.75 Å². The van der Waals surface area contributed by atoms with Crippen LogP contribution < -0.4 is 4.74 Å². The van der Waals surface area contributed by atoms with E-state index in [1.54, 1.807) is 0 Å². The van der Waals surface area contributed by atoms with Gasteiger partial charge in [0.2, 0.25) is 0 Å². The van der Waals surface area contributed by atoms with Crippen LogP contribution in [-0.4, -0.2) is 12.4 Å². The monoisotopic (exact) mass is 218 g/mol. The average molecular weight is 219 g/mol. The van der Waals surface area contributed by atoms with Crippen molar-refractivity contribution in [3.05, 3.63) is 28.3 Å². The van der Waals surface area contributed by atoms with Gasteiger partial charge in [-0.1, -0.05) is 11.6 Å². The molecule has 0 N–H and O–H groups in total. The zero-order valence-electron chi connectivity index (χ0n) is 6.94. The lowest BCUT2D eigenvalue weighted by Crippen LogP contribution is -2.18. The van der Waals surface area contributed by atoms with Crippen molar-refractivity contribution in [1.82, 2.24) is 0 Å². The summed E-state index contributed by atoms with van der Waals surface area (Å²) in [6, 6.07) is 0.800. The molecule has 2 nitrogen and oxygen atoms in total. The van der Waals surface area contributed by atoms with E-state index in [1.165, 1.54) is 0 Å². The van der Waals surface area contributed by atoms with Crippen LogP contribution in [0.25, 0.3) is 0 Å². The van der Waals surface area contributed by atoms with Crippen molar-refractivity contribution >= 4 is 17.4 Å². The van der Waals surface area contributed by atoms with Gasteiger partial charge in [-0.2, -0.15) is 0 Å². The minimum atomic E-state index is -1.19. The highest BCUT2D eigenvalue weighted by atomic mass is 35.5. The van der Waals surface area contributed by atoms with E-state index < -0.39 is 17.4 Å². The van der Waals surface area contributed by atoms with Crippen LogP contribution in [0.2, 0.25) is 5.02 Å². The van der Waals surface area contributed by atoms with Gasteiger partial charge in [-0.15, -0.1) is 0 Å². The summed E-state index contributed by atoms with van der Waals surface area (Å²) in [5.41, 5.74) is -0.374. The zero-order valence-corrected chi connectivity index (χ0v) is 7.70. The summed E-state index contributed by atoms with van der Waals surface area (Å²) >= 11 is 5.60. The lowest BCUT2D eigenvalue weighted by atomic mass is 10.0. The lowest BCUT2D eigenvalue weighted by Gasteiger charge is -2.17. The van der Waals surface area contributed by atoms with E-state index in [-0.39, 0.29) is 29.4 Å². The molecule has 0 fully saturated rings. The van der Waals surface area contributed by atoms with E-state index in [4.69, 9.17) is 16.3 Å². The zero-order chi connectivity index (χ0) is 10.3. The summed E-state index contributed by atoms with van der Waals surface area (Å²) in [5, 5.41) is -0.0769. The second kappa shape index (κ2) is 3.20. The van der Waals surface area contributed by atoms with E-state index in [0.29, 0.717) is 0 Å². The first kappa shape index (κ1) is 9.40. The third-order valence-electron chi connectivity index (χ3n) is 1.98. The first-order valence-corrected chi connectivity index (χ1v) is 4.32. The normalized spacial score (nSPS) is 14.9. The Morgan fingerprint density at radius 2 is 2.14 bits per heavy atom. The number of benzene rings is 1. The molecule has 0 spiro atoms. The molecule has 1 aliphatic heterocycles. The Bertz CT molecular complexity index is 418. The van der Waals surface area contributed by atoms with Gasteiger partial charge in [0.25, 0.3) is 0 Å². The quantitative estimate of drug-likeness (QED) is 0.626. The Kier molecular flexibility index (Phi) is 2.15. The van der Waals surface area contributed by atoms with Gasteiger partial charge in [0.1, 0.15) is 5.56 Å². The number of hydrogen-bond donors (Lipinski definition) is 0. The van der Waals surface area contributed by atoms with Crippen LogP contribution in [0.3, 0.4) is 0 Å². The summed E-state index contributed by atoms with van der Waals surface area (Å²) in [5.74, 6) is -2.85. The van der Waals surface area contributed by atoms with E-state index in [0.717, 1.165) is 6.07 Å². The molecule has 0 amide bonds. The molecular formula is C9H5ClF2O2. The number of Topliss-reactive ketones (excluding diaryl/α,β-unsaturated/α-hetero) is 1. The van der Waals surface area contributed by atoms with Crippen LogP contribution in [0.1, 0.15) is 16.8 Å². The van der Waals surface area contributed by atoms with E-state index >= 15 is 0 Å². The van der Waals surface area contributed by atoms with Gasteiger partial charge in [0, 0.05) is 6.42 Å². The predicted octanol–water partition coefficient (Wildman–Crippen LogP) is 2.58. The van der Waals surface area contributed by atoms with Gasteiger partial charge in [-0.25, -0.2) is 8.78 Å². The van der Waals surface area contributed by atoms with Gasteiger partial charge in [0.15, 0.2) is 23.2 Å². The fourth-order valence-corrected chi connectivity index (χ4v) is 1.58. The third-order valence-corrected chi connectivity index (χ3v) is 2.26. The van der Waals surface area contributed by atoms with Crippen molar-refractivity contribution in [2.24, 2.45) is 0 Å². The van der Waals surface area contributed by atoms with Gasteiger partial charge >= 0.3 is 0 Å². The second-order valence-corrected chi connectivity index (χ2v) is 3.29. The molecule has 0 aromatic heterocycles.